The molecule has 2 N–H and O–H groups in total. The third-order valence-electron chi connectivity index (χ3n) is 2.35. The molecule has 0 saturated heterocycles. The Morgan fingerprint density at radius 3 is 2.88 bits per heavy atom. The summed E-state index contributed by atoms with van der Waals surface area (Å²) in [4.78, 5) is 10.9. The summed E-state index contributed by atoms with van der Waals surface area (Å²) in [6.45, 7) is 0. The topological polar surface area (TPSA) is 101 Å². The Morgan fingerprint density at radius 1 is 1.29 bits per heavy atom. The number of fused-ring (bicyclic) bond motifs is 1. The van der Waals surface area contributed by atoms with Crippen molar-refractivity contribution in [1.82, 2.24) is 25.1 Å². The van der Waals surface area contributed by atoms with Gasteiger partial charge in [0.25, 0.3) is 0 Å². The summed E-state index contributed by atoms with van der Waals surface area (Å²) < 4.78 is 1.52. The highest BCUT2D eigenvalue weighted by Crippen LogP contribution is 2.32. The number of nitrogens with one attached hydrogen (secondary N) is 2. The van der Waals surface area contributed by atoms with Crippen LogP contribution in [-0.4, -0.2) is 25.1 Å². The van der Waals surface area contributed by atoms with Crippen molar-refractivity contribution < 1.29 is 0 Å². The van der Waals surface area contributed by atoms with E-state index in [0.29, 0.717) is 11.2 Å². The fraction of sp³-hybridized carbons (Fsp3) is 0. The van der Waals surface area contributed by atoms with Crippen molar-refractivity contribution in [2.75, 3.05) is 5.43 Å². The molecule has 3 aromatic rings. The number of hydrogen-bond acceptors (Lipinski definition) is 6. The molecule has 0 bridgehead atoms. The zero-order chi connectivity index (χ0) is 11.7. The smallest absolute Gasteiger partial charge is 0.158 e. The van der Waals surface area contributed by atoms with Crippen LogP contribution >= 0.6 is 0 Å². The van der Waals surface area contributed by atoms with E-state index >= 15 is 0 Å². The summed E-state index contributed by atoms with van der Waals surface area (Å²) in [5, 5.41) is 17.7. The van der Waals surface area contributed by atoms with Gasteiger partial charge >= 0.3 is 0 Å². The minimum atomic E-state index is 0.272. The lowest BCUT2D eigenvalue weighted by Gasteiger charge is -2.07. The van der Waals surface area contributed by atoms with Crippen LogP contribution in [0.3, 0.4) is 0 Å². The first kappa shape index (κ1) is 9.46. The highest BCUT2D eigenvalue weighted by molar-refractivity contribution is 5.95. The monoisotopic (exact) mass is 229 g/mol. The molecule has 0 unspecified atom stereocenters. The molecule has 0 saturated carbocycles. The number of anilines is 1. The standard InChI is InChI=1S/C9H7N7O/c17-15-9-7(14-16-4-11-12-5-16)2-1-6-3-10-13-8(6)9/h1-5,14H,(H,10,13). The van der Waals surface area contributed by atoms with Crippen molar-refractivity contribution in [3.63, 3.8) is 0 Å². The molecule has 84 valence electrons. The molecule has 0 amide bonds. The normalized spacial score (nSPS) is 10.6. The predicted octanol–water partition coefficient (Wildman–Crippen LogP) is 1.43. The van der Waals surface area contributed by atoms with Crippen molar-refractivity contribution in [1.29, 1.82) is 0 Å². The fourth-order valence-electron chi connectivity index (χ4n) is 1.58. The van der Waals surface area contributed by atoms with Crippen LogP contribution in [0, 0.1) is 4.91 Å². The Balaban J connectivity index is 2.12. The van der Waals surface area contributed by atoms with Crippen molar-refractivity contribution in [3.8, 4) is 0 Å². The number of nitroso groups, excluding NO2 is 1. The van der Waals surface area contributed by atoms with Gasteiger partial charge in [0.1, 0.15) is 12.7 Å². The summed E-state index contributed by atoms with van der Waals surface area (Å²) in [7, 11) is 0. The number of aromatic nitrogens is 5. The van der Waals surface area contributed by atoms with Gasteiger partial charge < -0.3 is 0 Å². The Labute approximate surface area is 94.6 Å². The van der Waals surface area contributed by atoms with Gasteiger partial charge in [0, 0.05) is 5.39 Å². The molecule has 0 aliphatic rings. The molecule has 17 heavy (non-hydrogen) atoms. The van der Waals surface area contributed by atoms with Gasteiger partial charge in [-0.15, -0.1) is 15.1 Å². The van der Waals surface area contributed by atoms with Crippen LogP contribution in [0.2, 0.25) is 0 Å². The Hall–Kier alpha value is -2.77. The molecule has 0 atom stereocenters. The van der Waals surface area contributed by atoms with Gasteiger partial charge in [-0.3, -0.25) is 10.5 Å². The second-order valence-electron chi connectivity index (χ2n) is 3.37. The van der Waals surface area contributed by atoms with Crippen LogP contribution in [-0.2, 0) is 0 Å². The third-order valence-corrected chi connectivity index (χ3v) is 2.35. The number of H-pyrrole nitrogens is 1. The Morgan fingerprint density at radius 2 is 2.12 bits per heavy atom. The maximum atomic E-state index is 10.9. The number of aromatic amines is 1. The number of rotatable bonds is 3. The van der Waals surface area contributed by atoms with Gasteiger partial charge in [0.05, 0.1) is 17.4 Å². The quantitative estimate of drug-likeness (QED) is 0.661. The van der Waals surface area contributed by atoms with Gasteiger partial charge in [0.2, 0.25) is 0 Å². The van der Waals surface area contributed by atoms with Gasteiger partial charge in [0.15, 0.2) is 5.69 Å². The molecule has 0 radical (unpaired) electrons. The number of hydrogen-bond donors (Lipinski definition) is 2. The maximum Gasteiger partial charge on any atom is 0.158 e. The summed E-state index contributed by atoms with van der Waals surface area (Å²) in [6.07, 6.45) is 4.59. The van der Waals surface area contributed by atoms with Crippen LogP contribution in [0.15, 0.2) is 36.2 Å². The number of benzene rings is 1. The van der Waals surface area contributed by atoms with Crippen molar-refractivity contribution in [2.45, 2.75) is 0 Å². The van der Waals surface area contributed by atoms with E-state index in [0.717, 1.165) is 5.39 Å². The summed E-state index contributed by atoms with van der Waals surface area (Å²) in [5.74, 6) is 0. The highest BCUT2D eigenvalue weighted by Gasteiger charge is 2.10. The highest BCUT2D eigenvalue weighted by atomic mass is 16.3. The van der Waals surface area contributed by atoms with Gasteiger partial charge in [-0.1, -0.05) is 0 Å². The first-order valence-corrected chi connectivity index (χ1v) is 4.79. The Bertz CT molecular complexity index is 657. The van der Waals surface area contributed by atoms with Gasteiger partial charge in [-0.2, -0.15) is 5.10 Å². The van der Waals surface area contributed by atoms with Crippen molar-refractivity contribution in [2.24, 2.45) is 5.18 Å². The van der Waals surface area contributed by atoms with E-state index in [4.69, 9.17) is 0 Å². The zero-order valence-electron chi connectivity index (χ0n) is 8.53. The van der Waals surface area contributed by atoms with Crippen molar-refractivity contribution >= 4 is 22.3 Å². The molecule has 0 spiro atoms. The fourth-order valence-corrected chi connectivity index (χ4v) is 1.58. The third kappa shape index (κ3) is 1.51. The van der Waals surface area contributed by atoms with Crippen LogP contribution in [0.1, 0.15) is 0 Å². The number of nitrogens with zero attached hydrogens (tertiary/aromatic N) is 5. The molecule has 1 aromatic carbocycles. The average molecular weight is 229 g/mol. The van der Waals surface area contributed by atoms with E-state index in [2.05, 4.69) is 31.0 Å². The SMILES string of the molecule is O=Nc1c(Nn2cnnc2)ccc2cn[nH]c12. The molecule has 2 aromatic heterocycles. The second kappa shape index (κ2) is 3.67. The van der Waals surface area contributed by atoms with Crippen LogP contribution < -0.4 is 5.43 Å². The van der Waals surface area contributed by atoms with E-state index in [1.807, 2.05) is 6.07 Å². The summed E-state index contributed by atoms with van der Waals surface area (Å²) >= 11 is 0. The summed E-state index contributed by atoms with van der Waals surface area (Å²) in [5.41, 5.74) is 4.36. The average Bonchev–Trinajstić information content (AvgIpc) is 2.98. The van der Waals surface area contributed by atoms with E-state index < -0.39 is 0 Å². The largest absolute Gasteiger partial charge is 0.290 e. The van der Waals surface area contributed by atoms with Crippen molar-refractivity contribution in [3.05, 3.63) is 35.9 Å². The Kier molecular flexibility index (Phi) is 2.04. The molecule has 3 rings (SSSR count). The predicted molar refractivity (Wildman–Crippen MR) is 60.6 cm³/mol. The van der Waals surface area contributed by atoms with Crippen LogP contribution in [0.5, 0.6) is 0 Å². The molecular formula is C9H7N7O. The van der Waals surface area contributed by atoms with Crippen LogP contribution in [0.4, 0.5) is 11.4 Å². The molecule has 0 aliphatic heterocycles. The summed E-state index contributed by atoms with van der Waals surface area (Å²) in [6, 6.07) is 3.58. The first-order valence-electron chi connectivity index (χ1n) is 4.79. The lowest BCUT2D eigenvalue weighted by atomic mass is 10.2. The second-order valence-corrected chi connectivity index (χ2v) is 3.37. The minimum Gasteiger partial charge on any atom is -0.290 e. The van der Waals surface area contributed by atoms with Gasteiger partial charge in [-0.25, -0.2) is 4.68 Å². The first-order chi connectivity index (χ1) is 8.38. The molecule has 8 heteroatoms. The molecule has 0 fully saturated rings. The van der Waals surface area contributed by atoms with Crippen LogP contribution in [0.25, 0.3) is 10.9 Å². The van der Waals surface area contributed by atoms with E-state index in [-0.39, 0.29) is 5.69 Å². The van der Waals surface area contributed by atoms with E-state index in [9.17, 15) is 4.91 Å². The van der Waals surface area contributed by atoms with E-state index in [1.165, 1.54) is 17.3 Å². The van der Waals surface area contributed by atoms with Gasteiger partial charge in [-0.05, 0) is 17.3 Å². The maximum absolute atomic E-state index is 10.9. The molecular weight excluding hydrogens is 222 g/mol. The molecule has 8 nitrogen and oxygen atoms in total. The van der Waals surface area contributed by atoms with E-state index in [1.54, 1.807) is 12.3 Å². The lowest BCUT2D eigenvalue weighted by Crippen LogP contribution is -2.06. The zero-order valence-corrected chi connectivity index (χ0v) is 8.53. The lowest BCUT2D eigenvalue weighted by molar-refractivity contribution is 0.952. The molecule has 0 aliphatic carbocycles. The molecule has 2 heterocycles. The minimum absolute atomic E-state index is 0.272.